The van der Waals surface area contributed by atoms with Gasteiger partial charge in [-0.15, -0.1) is 11.3 Å². The summed E-state index contributed by atoms with van der Waals surface area (Å²) in [6.07, 6.45) is -0.986. The molecule has 1 amide bonds. The molecule has 13 heteroatoms. The third-order valence-corrected chi connectivity index (χ3v) is 7.37. The van der Waals surface area contributed by atoms with Crippen molar-refractivity contribution in [2.24, 2.45) is 5.73 Å². The first-order valence-corrected chi connectivity index (χ1v) is 11.9. The number of primary amides is 1. The number of rotatable bonds is 11. The van der Waals surface area contributed by atoms with E-state index in [1.165, 1.54) is 53.2 Å². The first-order chi connectivity index (χ1) is 17.4. The van der Waals surface area contributed by atoms with Crippen molar-refractivity contribution in [2.75, 3.05) is 27.4 Å². The van der Waals surface area contributed by atoms with E-state index in [0.29, 0.717) is 4.57 Å². The standard InChI is InChI=1S/C24H28FN3O8S/c1-12-17-19(29)28(24(2,3)22(26)32)23(33)27(20(17)37-18(12)21(30)31)11-16(36-9-8-34-4)14-10-13(25)6-7-15(14)35-5/h6-7,10,16H,8-9,11H2,1-5H3,(H2,26,32)(H,30,31). The summed E-state index contributed by atoms with van der Waals surface area (Å²) in [4.78, 5) is 51.2. The fourth-order valence-corrected chi connectivity index (χ4v) is 5.09. The van der Waals surface area contributed by atoms with Gasteiger partial charge in [0.2, 0.25) is 5.91 Å². The van der Waals surface area contributed by atoms with Crippen molar-refractivity contribution in [1.29, 1.82) is 0 Å². The highest BCUT2D eigenvalue weighted by Gasteiger charge is 2.35. The zero-order chi connectivity index (χ0) is 27.7. The lowest BCUT2D eigenvalue weighted by molar-refractivity contribution is -0.125. The number of carboxylic acids is 1. The number of thiophene rings is 1. The highest BCUT2D eigenvalue weighted by Crippen LogP contribution is 2.33. The normalized spacial score (nSPS) is 12.6. The number of amides is 1. The van der Waals surface area contributed by atoms with E-state index in [9.17, 15) is 28.7 Å². The molecule has 11 nitrogen and oxygen atoms in total. The molecule has 3 rings (SSSR count). The number of fused-ring (bicyclic) bond motifs is 1. The Kier molecular flexibility index (Phi) is 8.20. The van der Waals surface area contributed by atoms with Crippen LogP contribution in [-0.2, 0) is 26.4 Å². The Morgan fingerprint density at radius 3 is 2.46 bits per heavy atom. The molecule has 0 spiro atoms. The number of hydrogen-bond acceptors (Lipinski definition) is 8. The number of halogens is 1. The molecule has 0 radical (unpaired) electrons. The van der Waals surface area contributed by atoms with Gasteiger partial charge in [-0.25, -0.2) is 18.5 Å². The molecular weight excluding hydrogens is 509 g/mol. The van der Waals surface area contributed by atoms with E-state index in [1.54, 1.807) is 0 Å². The monoisotopic (exact) mass is 537 g/mol. The predicted octanol–water partition coefficient (Wildman–Crippen LogP) is 2.00. The van der Waals surface area contributed by atoms with Gasteiger partial charge in [-0.05, 0) is 44.5 Å². The average molecular weight is 538 g/mol. The van der Waals surface area contributed by atoms with Gasteiger partial charge < -0.3 is 25.1 Å². The Hall–Kier alpha value is -3.55. The van der Waals surface area contributed by atoms with E-state index in [2.05, 4.69) is 0 Å². The van der Waals surface area contributed by atoms with Gasteiger partial charge in [0, 0.05) is 12.7 Å². The van der Waals surface area contributed by atoms with Gasteiger partial charge in [0.1, 0.15) is 32.9 Å². The SMILES string of the molecule is COCCOC(Cn1c(=O)n(C(C)(C)C(N)=O)c(=O)c2c(C)c(C(=O)O)sc21)c1cc(F)ccc1OC. The molecule has 2 aromatic heterocycles. The number of aryl methyl sites for hydroxylation is 1. The molecule has 0 fully saturated rings. The van der Waals surface area contributed by atoms with Crippen molar-refractivity contribution >= 4 is 33.4 Å². The number of carboxylic acid groups (broad SMARTS) is 1. The van der Waals surface area contributed by atoms with Crippen molar-refractivity contribution in [1.82, 2.24) is 9.13 Å². The van der Waals surface area contributed by atoms with Gasteiger partial charge in [-0.2, -0.15) is 0 Å². The maximum atomic E-state index is 14.2. The van der Waals surface area contributed by atoms with Gasteiger partial charge in [-0.1, -0.05) is 0 Å². The van der Waals surface area contributed by atoms with Gasteiger partial charge in [-0.3, -0.25) is 14.2 Å². The van der Waals surface area contributed by atoms with Crippen molar-refractivity contribution < 1.29 is 33.3 Å². The molecule has 0 aliphatic rings. The molecular formula is C24H28FN3O8S. The molecule has 2 heterocycles. The van der Waals surface area contributed by atoms with Crippen molar-refractivity contribution in [3.05, 3.63) is 60.9 Å². The molecule has 200 valence electrons. The van der Waals surface area contributed by atoms with E-state index in [4.69, 9.17) is 19.9 Å². The van der Waals surface area contributed by atoms with Crippen LogP contribution in [0.25, 0.3) is 10.2 Å². The van der Waals surface area contributed by atoms with Crippen LogP contribution in [-0.4, -0.2) is 53.6 Å². The number of carbonyl (C=O) groups excluding carboxylic acids is 1. The maximum absolute atomic E-state index is 14.2. The minimum atomic E-state index is -1.75. The summed E-state index contributed by atoms with van der Waals surface area (Å²) in [6.45, 7) is 4.06. The minimum absolute atomic E-state index is 0.0434. The Bertz CT molecular complexity index is 1470. The molecule has 3 N–H and O–H groups in total. The second-order valence-corrected chi connectivity index (χ2v) is 9.74. The Labute approximate surface area is 214 Å². The van der Waals surface area contributed by atoms with E-state index < -0.39 is 40.6 Å². The summed E-state index contributed by atoms with van der Waals surface area (Å²) in [5.74, 6) is -2.51. The quantitative estimate of drug-likeness (QED) is 0.353. The highest BCUT2D eigenvalue weighted by molar-refractivity contribution is 7.20. The number of nitrogens with zero attached hydrogens (tertiary/aromatic N) is 2. The van der Waals surface area contributed by atoms with Gasteiger partial charge in [0.15, 0.2) is 0 Å². The van der Waals surface area contributed by atoms with Gasteiger partial charge in [0.05, 0.1) is 32.3 Å². The van der Waals surface area contributed by atoms with Crippen LogP contribution in [0.4, 0.5) is 4.39 Å². The summed E-state index contributed by atoms with van der Waals surface area (Å²) >= 11 is 0.742. The summed E-state index contributed by atoms with van der Waals surface area (Å²) in [5, 5.41) is 9.64. The van der Waals surface area contributed by atoms with Crippen LogP contribution in [0.5, 0.6) is 5.75 Å². The molecule has 1 atom stereocenters. The van der Waals surface area contributed by atoms with E-state index >= 15 is 0 Å². The highest BCUT2D eigenvalue weighted by atomic mass is 32.1. The van der Waals surface area contributed by atoms with E-state index in [1.807, 2.05) is 0 Å². The summed E-state index contributed by atoms with van der Waals surface area (Å²) in [6, 6.07) is 3.81. The van der Waals surface area contributed by atoms with Crippen LogP contribution in [0.1, 0.15) is 40.8 Å². The summed E-state index contributed by atoms with van der Waals surface area (Å²) < 4.78 is 32.5. The zero-order valence-electron chi connectivity index (χ0n) is 21.0. The first-order valence-electron chi connectivity index (χ1n) is 11.1. The predicted molar refractivity (Wildman–Crippen MR) is 134 cm³/mol. The van der Waals surface area contributed by atoms with Crippen molar-refractivity contribution in [2.45, 2.75) is 39.0 Å². The Morgan fingerprint density at radius 2 is 1.89 bits per heavy atom. The van der Waals surface area contributed by atoms with Crippen LogP contribution < -0.4 is 21.7 Å². The average Bonchev–Trinajstić information content (AvgIpc) is 3.18. The number of carbonyl (C=O) groups is 2. The number of benzene rings is 1. The second-order valence-electron chi connectivity index (χ2n) is 8.74. The number of nitrogens with two attached hydrogens (primary N) is 1. The topological polar surface area (TPSA) is 152 Å². The Balaban J connectivity index is 2.38. The largest absolute Gasteiger partial charge is 0.496 e. The molecule has 0 aliphatic carbocycles. The number of aromatic nitrogens is 2. The number of ether oxygens (including phenoxy) is 3. The third-order valence-electron chi connectivity index (χ3n) is 6.06. The second kappa shape index (κ2) is 10.8. The number of aromatic carboxylic acids is 1. The lowest BCUT2D eigenvalue weighted by Gasteiger charge is -2.26. The maximum Gasteiger partial charge on any atom is 0.346 e. The fraction of sp³-hybridized carbons (Fsp3) is 0.417. The van der Waals surface area contributed by atoms with Crippen LogP contribution in [0.15, 0.2) is 27.8 Å². The lowest BCUT2D eigenvalue weighted by atomic mass is 10.0. The van der Waals surface area contributed by atoms with E-state index in [0.717, 1.165) is 15.9 Å². The number of methoxy groups -OCH3 is 2. The third kappa shape index (κ3) is 5.15. The smallest absolute Gasteiger partial charge is 0.346 e. The fourth-order valence-electron chi connectivity index (χ4n) is 3.95. The van der Waals surface area contributed by atoms with Crippen LogP contribution in [0.2, 0.25) is 0 Å². The van der Waals surface area contributed by atoms with Crippen LogP contribution in [0, 0.1) is 12.7 Å². The van der Waals surface area contributed by atoms with Gasteiger partial charge >= 0.3 is 11.7 Å². The van der Waals surface area contributed by atoms with Crippen molar-refractivity contribution in [3.8, 4) is 5.75 Å². The zero-order valence-corrected chi connectivity index (χ0v) is 21.8. The minimum Gasteiger partial charge on any atom is -0.496 e. The molecule has 1 aromatic carbocycles. The van der Waals surface area contributed by atoms with Crippen LogP contribution in [0.3, 0.4) is 0 Å². The molecule has 3 aromatic rings. The molecule has 1 unspecified atom stereocenters. The molecule has 0 saturated carbocycles. The molecule has 0 bridgehead atoms. The lowest BCUT2D eigenvalue weighted by Crippen LogP contribution is -2.54. The Morgan fingerprint density at radius 1 is 1.22 bits per heavy atom. The van der Waals surface area contributed by atoms with Crippen LogP contribution >= 0.6 is 11.3 Å². The van der Waals surface area contributed by atoms with Crippen molar-refractivity contribution in [3.63, 3.8) is 0 Å². The summed E-state index contributed by atoms with van der Waals surface area (Å²) in [5.41, 5.74) is 2.43. The number of hydrogen-bond donors (Lipinski definition) is 2. The van der Waals surface area contributed by atoms with Gasteiger partial charge in [0.25, 0.3) is 5.56 Å². The first kappa shape index (κ1) is 28.0. The molecule has 37 heavy (non-hydrogen) atoms. The molecule has 0 saturated heterocycles. The van der Waals surface area contributed by atoms with E-state index in [-0.39, 0.29) is 51.7 Å². The molecule has 0 aliphatic heterocycles. The summed E-state index contributed by atoms with van der Waals surface area (Å²) in [7, 11) is 2.86.